The lowest BCUT2D eigenvalue weighted by Crippen LogP contribution is -2.32. The Labute approximate surface area is 111 Å². The van der Waals surface area contributed by atoms with Gasteiger partial charge in [-0.15, -0.1) is 0 Å². The highest BCUT2D eigenvalue weighted by Gasteiger charge is 2.11. The van der Waals surface area contributed by atoms with Gasteiger partial charge in [0.15, 0.2) is 5.76 Å². The molecule has 6 nitrogen and oxygen atoms in total. The van der Waals surface area contributed by atoms with E-state index in [1.165, 1.54) is 0 Å². The number of aromatic nitrogens is 2. The molecule has 0 saturated carbocycles. The summed E-state index contributed by atoms with van der Waals surface area (Å²) in [6.45, 7) is 2.76. The normalized spacial score (nSPS) is 10.7. The van der Waals surface area contributed by atoms with E-state index < -0.39 is 0 Å². The van der Waals surface area contributed by atoms with Crippen LogP contribution in [0, 0.1) is 6.92 Å². The molecule has 0 bridgehead atoms. The van der Waals surface area contributed by atoms with Crippen LogP contribution >= 0.6 is 0 Å². The molecular formula is C13H18N4O2. The Bertz CT molecular complexity index is 556. The molecule has 0 atom stereocenters. The van der Waals surface area contributed by atoms with Crippen molar-refractivity contribution in [1.82, 2.24) is 20.4 Å². The van der Waals surface area contributed by atoms with Gasteiger partial charge in [0.25, 0.3) is 0 Å². The Balaban J connectivity index is 1.99. The van der Waals surface area contributed by atoms with Gasteiger partial charge in [0, 0.05) is 26.2 Å². The van der Waals surface area contributed by atoms with E-state index in [0.717, 1.165) is 22.8 Å². The highest BCUT2D eigenvalue weighted by atomic mass is 16.3. The van der Waals surface area contributed by atoms with Crippen molar-refractivity contribution in [2.75, 3.05) is 20.6 Å². The molecule has 1 amide bonds. The number of nitrogens with one attached hydrogen (secondary N) is 2. The molecule has 0 saturated heterocycles. The van der Waals surface area contributed by atoms with Crippen LogP contribution in [-0.4, -0.2) is 41.6 Å². The van der Waals surface area contributed by atoms with E-state index in [4.69, 9.17) is 4.42 Å². The van der Waals surface area contributed by atoms with E-state index in [2.05, 4.69) is 15.5 Å². The predicted octanol–water partition coefficient (Wildman–Crippen LogP) is 1.16. The van der Waals surface area contributed by atoms with Crippen LogP contribution in [0.25, 0.3) is 11.5 Å². The topological polar surface area (TPSA) is 74.2 Å². The Morgan fingerprint density at radius 2 is 2.26 bits per heavy atom. The van der Waals surface area contributed by atoms with E-state index in [9.17, 15) is 4.79 Å². The highest BCUT2D eigenvalue weighted by molar-refractivity contribution is 5.77. The summed E-state index contributed by atoms with van der Waals surface area (Å²) < 4.78 is 5.56. The third-order valence-corrected chi connectivity index (χ3v) is 2.80. The van der Waals surface area contributed by atoms with Crippen LogP contribution in [0.15, 0.2) is 22.7 Å². The lowest BCUT2D eigenvalue weighted by atomic mass is 10.2. The lowest BCUT2D eigenvalue weighted by Gasteiger charge is -2.10. The smallest absolute Gasteiger partial charge is 0.236 e. The van der Waals surface area contributed by atoms with Gasteiger partial charge in [0.2, 0.25) is 5.91 Å². The number of carbonyl (C=O) groups is 1. The predicted molar refractivity (Wildman–Crippen MR) is 71.4 cm³/mol. The van der Waals surface area contributed by atoms with Gasteiger partial charge >= 0.3 is 0 Å². The number of hydrogen-bond acceptors (Lipinski definition) is 4. The minimum atomic E-state index is 0.0406. The van der Waals surface area contributed by atoms with E-state index in [0.29, 0.717) is 13.1 Å². The summed E-state index contributed by atoms with van der Waals surface area (Å²) >= 11 is 0. The standard InChI is InChI=1S/C13H18N4O2/c1-9-4-5-11(19-9)13-10(7-15-16-13)6-14-8-12(18)17(2)3/h4-5,7,14H,6,8H2,1-3H3,(H,15,16). The number of H-pyrrole nitrogens is 1. The molecule has 2 aromatic rings. The van der Waals surface area contributed by atoms with Crippen LogP contribution in [0.3, 0.4) is 0 Å². The summed E-state index contributed by atoms with van der Waals surface area (Å²) in [5.74, 6) is 1.65. The summed E-state index contributed by atoms with van der Waals surface area (Å²) in [5.41, 5.74) is 1.82. The van der Waals surface area contributed by atoms with Crippen LogP contribution in [0.4, 0.5) is 0 Å². The molecule has 0 fully saturated rings. The maximum Gasteiger partial charge on any atom is 0.236 e. The average Bonchev–Trinajstić information content (AvgIpc) is 2.97. The largest absolute Gasteiger partial charge is 0.460 e. The second kappa shape index (κ2) is 5.71. The number of hydrogen-bond donors (Lipinski definition) is 2. The number of aromatic amines is 1. The van der Waals surface area contributed by atoms with Crippen molar-refractivity contribution >= 4 is 5.91 Å². The molecule has 2 rings (SSSR count). The van der Waals surface area contributed by atoms with E-state index >= 15 is 0 Å². The highest BCUT2D eigenvalue weighted by Crippen LogP contribution is 2.22. The number of likely N-dealkylation sites (N-methyl/N-ethyl adjacent to an activating group) is 1. The zero-order valence-electron chi connectivity index (χ0n) is 11.4. The van der Waals surface area contributed by atoms with Crippen LogP contribution in [0.1, 0.15) is 11.3 Å². The number of furan rings is 1. The second-order valence-electron chi connectivity index (χ2n) is 4.57. The van der Waals surface area contributed by atoms with Gasteiger partial charge in [0.05, 0.1) is 12.7 Å². The first-order valence-electron chi connectivity index (χ1n) is 6.08. The first-order valence-corrected chi connectivity index (χ1v) is 6.08. The van der Waals surface area contributed by atoms with Gasteiger partial charge in [0.1, 0.15) is 11.5 Å². The van der Waals surface area contributed by atoms with E-state index in [1.807, 2.05) is 19.1 Å². The van der Waals surface area contributed by atoms with E-state index in [-0.39, 0.29) is 5.91 Å². The fraction of sp³-hybridized carbons (Fsp3) is 0.385. The van der Waals surface area contributed by atoms with Crippen LogP contribution in [0.2, 0.25) is 0 Å². The quantitative estimate of drug-likeness (QED) is 0.848. The molecule has 6 heteroatoms. The Morgan fingerprint density at radius 1 is 1.47 bits per heavy atom. The molecule has 2 aromatic heterocycles. The summed E-state index contributed by atoms with van der Waals surface area (Å²) in [4.78, 5) is 13.0. The molecule has 0 spiro atoms. The zero-order valence-corrected chi connectivity index (χ0v) is 11.4. The van der Waals surface area contributed by atoms with Gasteiger partial charge < -0.3 is 14.6 Å². The van der Waals surface area contributed by atoms with Crippen LogP contribution in [0.5, 0.6) is 0 Å². The summed E-state index contributed by atoms with van der Waals surface area (Å²) in [6.07, 6.45) is 1.74. The van der Waals surface area contributed by atoms with Crippen molar-refractivity contribution in [3.8, 4) is 11.5 Å². The van der Waals surface area contributed by atoms with Crippen LogP contribution < -0.4 is 5.32 Å². The first-order chi connectivity index (χ1) is 9.08. The first kappa shape index (κ1) is 13.4. The fourth-order valence-electron chi connectivity index (χ4n) is 1.69. The molecule has 0 aliphatic rings. The Kier molecular flexibility index (Phi) is 4.01. The van der Waals surface area contributed by atoms with Crippen molar-refractivity contribution in [3.63, 3.8) is 0 Å². The van der Waals surface area contributed by atoms with Crippen molar-refractivity contribution < 1.29 is 9.21 Å². The zero-order chi connectivity index (χ0) is 13.8. The number of carbonyl (C=O) groups excluding carboxylic acids is 1. The summed E-state index contributed by atoms with van der Waals surface area (Å²) in [7, 11) is 3.47. The summed E-state index contributed by atoms with van der Waals surface area (Å²) in [5, 5.41) is 10.0. The molecule has 0 aromatic carbocycles. The van der Waals surface area contributed by atoms with Gasteiger partial charge in [-0.1, -0.05) is 0 Å². The number of amides is 1. The lowest BCUT2D eigenvalue weighted by molar-refractivity contribution is -0.127. The number of nitrogens with zero attached hydrogens (tertiary/aromatic N) is 2. The van der Waals surface area contributed by atoms with Gasteiger partial charge in [-0.05, 0) is 19.1 Å². The Hall–Kier alpha value is -2.08. The number of rotatable bonds is 5. The fourth-order valence-corrected chi connectivity index (χ4v) is 1.69. The molecule has 102 valence electrons. The maximum absolute atomic E-state index is 11.5. The van der Waals surface area contributed by atoms with Crippen molar-refractivity contribution in [3.05, 3.63) is 29.7 Å². The molecule has 2 heterocycles. The molecular weight excluding hydrogens is 244 g/mol. The SMILES string of the molecule is Cc1ccc(-c2[nH]ncc2CNCC(=O)N(C)C)o1. The van der Waals surface area contributed by atoms with Crippen molar-refractivity contribution in [2.45, 2.75) is 13.5 Å². The molecule has 0 radical (unpaired) electrons. The van der Waals surface area contributed by atoms with Crippen molar-refractivity contribution in [1.29, 1.82) is 0 Å². The Morgan fingerprint density at radius 3 is 2.89 bits per heavy atom. The number of aryl methyl sites for hydroxylation is 1. The molecule has 2 N–H and O–H groups in total. The van der Waals surface area contributed by atoms with Gasteiger partial charge in [-0.3, -0.25) is 9.89 Å². The van der Waals surface area contributed by atoms with Crippen molar-refractivity contribution in [2.24, 2.45) is 0 Å². The minimum absolute atomic E-state index is 0.0406. The monoisotopic (exact) mass is 262 g/mol. The molecule has 19 heavy (non-hydrogen) atoms. The molecule has 0 aliphatic heterocycles. The summed E-state index contributed by atoms with van der Waals surface area (Å²) in [6, 6.07) is 3.81. The van der Waals surface area contributed by atoms with Gasteiger partial charge in [-0.2, -0.15) is 5.10 Å². The van der Waals surface area contributed by atoms with E-state index in [1.54, 1.807) is 25.2 Å². The minimum Gasteiger partial charge on any atom is -0.460 e. The third-order valence-electron chi connectivity index (χ3n) is 2.80. The average molecular weight is 262 g/mol. The van der Waals surface area contributed by atoms with Gasteiger partial charge in [-0.25, -0.2) is 0 Å². The molecule has 0 aliphatic carbocycles. The third kappa shape index (κ3) is 3.23. The second-order valence-corrected chi connectivity index (χ2v) is 4.57. The molecule has 0 unspecified atom stereocenters. The maximum atomic E-state index is 11.5. The van der Waals surface area contributed by atoms with Crippen LogP contribution in [-0.2, 0) is 11.3 Å².